The lowest BCUT2D eigenvalue weighted by Gasteiger charge is -2.33. The zero-order valence-electron chi connectivity index (χ0n) is 13.1. The zero-order valence-corrected chi connectivity index (χ0v) is 13.1. The third kappa shape index (κ3) is 2.60. The van der Waals surface area contributed by atoms with E-state index in [1.165, 1.54) is 0 Å². The molecule has 0 saturated heterocycles. The topological polar surface area (TPSA) is 103 Å². The number of nitrogens with one attached hydrogen (secondary N) is 1. The van der Waals surface area contributed by atoms with Crippen molar-refractivity contribution >= 4 is 17.5 Å². The fourth-order valence-electron chi connectivity index (χ4n) is 2.53. The van der Waals surface area contributed by atoms with Crippen LogP contribution in [0.3, 0.4) is 0 Å². The van der Waals surface area contributed by atoms with Crippen molar-refractivity contribution in [3.05, 3.63) is 35.9 Å². The molecule has 3 N–H and O–H groups in total. The molecular formula is C15H20N5O2. The average Bonchev–Trinajstić information content (AvgIpc) is 2.67. The number of hydrazone groups is 1. The summed E-state index contributed by atoms with van der Waals surface area (Å²) in [4.78, 5) is 15.4. The molecule has 1 heterocycles. The van der Waals surface area contributed by atoms with Gasteiger partial charge < -0.3 is 5.73 Å². The van der Waals surface area contributed by atoms with Crippen molar-refractivity contribution in [3.63, 3.8) is 0 Å². The molecule has 2 amide bonds. The Morgan fingerprint density at radius 3 is 2.41 bits per heavy atom. The maximum atomic E-state index is 12.8. The first kappa shape index (κ1) is 16.1. The van der Waals surface area contributed by atoms with Crippen LogP contribution in [-0.2, 0) is 5.21 Å². The van der Waals surface area contributed by atoms with Gasteiger partial charge in [-0.1, -0.05) is 30.3 Å². The first-order valence-corrected chi connectivity index (χ1v) is 6.93. The normalized spacial score (nSPS) is 25.0. The Morgan fingerprint density at radius 2 is 1.86 bits per heavy atom. The maximum absolute atomic E-state index is 12.8. The minimum Gasteiger partial charge on any atom is -0.350 e. The van der Waals surface area contributed by atoms with Crippen LogP contribution < -0.4 is 11.2 Å². The number of carbonyl (C=O) groups excluding carboxylic acids is 1. The molecule has 1 aromatic rings. The molecule has 1 atom stereocenters. The van der Waals surface area contributed by atoms with E-state index in [0.717, 1.165) is 10.6 Å². The summed E-state index contributed by atoms with van der Waals surface area (Å²) in [5, 5.41) is 17.6. The Hall–Kier alpha value is -2.25. The predicted octanol–water partition coefficient (Wildman–Crippen LogP) is 1.68. The van der Waals surface area contributed by atoms with E-state index in [2.05, 4.69) is 15.5 Å². The number of primary amides is 1. The Labute approximate surface area is 129 Å². The third-order valence-corrected chi connectivity index (χ3v) is 3.88. The molecule has 22 heavy (non-hydrogen) atoms. The van der Waals surface area contributed by atoms with Crippen molar-refractivity contribution in [3.8, 4) is 0 Å². The van der Waals surface area contributed by atoms with Crippen LogP contribution in [-0.4, -0.2) is 33.7 Å². The molecule has 2 rings (SSSR count). The summed E-state index contributed by atoms with van der Waals surface area (Å²) < 4.78 is 0. The van der Waals surface area contributed by atoms with Gasteiger partial charge in [-0.05, 0) is 33.3 Å². The van der Waals surface area contributed by atoms with Crippen molar-refractivity contribution in [2.45, 2.75) is 38.9 Å². The molecular weight excluding hydrogens is 282 g/mol. The number of benzene rings is 1. The summed E-state index contributed by atoms with van der Waals surface area (Å²) >= 11 is 0. The lowest BCUT2D eigenvalue weighted by molar-refractivity contribution is -0.227. The summed E-state index contributed by atoms with van der Waals surface area (Å²) in [6.07, 6.45) is 0. The fourth-order valence-corrected chi connectivity index (χ4v) is 2.53. The number of rotatable bonds is 3. The molecule has 0 fully saturated rings. The minimum atomic E-state index is -1.20. The molecule has 7 nitrogen and oxygen atoms in total. The summed E-state index contributed by atoms with van der Waals surface area (Å²) in [6, 6.07) is 8.74. The minimum absolute atomic E-state index is 0.361. The van der Waals surface area contributed by atoms with Crippen LogP contribution >= 0.6 is 0 Å². The molecule has 0 bridgehead atoms. The quantitative estimate of drug-likeness (QED) is 0.655. The highest BCUT2D eigenvalue weighted by Crippen LogP contribution is 2.37. The molecule has 1 aliphatic heterocycles. The number of urea groups is 1. The highest BCUT2D eigenvalue weighted by Gasteiger charge is 2.53. The Balaban J connectivity index is 2.48. The number of amides is 2. The van der Waals surface area contributed by atoms with Gasteiger partial charge >= 0.3 is 6.03 Å². The summed E-state index contributed by atoms with van der Waals surface area (Å²) in [6.45, 7) is 6.92. The van der Waals surface area contributed by atoms with Gasteiger partial charge in [0, 0.05) is 0 Å². The van der Waals surface area contributed by atoms with Gasteiger partial charge in [-0.2, -0.15) is 5.10 Å². The number of aliphatic imine (C=N–C) groups is 1. The molecule has 117 valence electrons. The standard InChI is InChI=1S/C15H20N5O2/c1-10(18-19-13(16)21)15(4)17-12(14(2,3)20(15)22)11-8-6-5-7-9-11/h5-9H,1-4H3,(H3,16,19,21)/b18-10+. The Kier molecular flexibility index (Phi) is 4.04. The maximum Gasteiger partial charge on any atom is 0.332 e. The number of hydroxylamine groups is 2. The van der Waals surface area contributed by atoms with E-state index in [1.807, 2.05) is 44.2 Å². The molecule has 0 aromatic heterocycles. The van der Waals surface area contributed by atoms with E-state index in [0.29, 0.717) is 11.4 Å². The lowest BCUT2D eigenvalue weighted by atomic mass is 9.92. The number of nitrogens with two attached hydrogens (primary N) is 1. The van der Waals surface area contributed by atoms with Crippen LogP contribution in [0.25, 0.3) is 0 Å². The van der Waals surface area contributed by atoms with Crippen LogP contribution in [0, 0.1) is 0 Å². The first-order chi connectivity index (χ1) is 10.2. The van der Waals surface area contributed by atoms with E-state index in [1.54, 1.807) is 13.8 Å². The van der Waals surface area contributed by atoms with Crippen molar-refractivity contribution in [1.29, 1.82) is 0 Å². The highest BCUT2D eigenvalue weighted by molar-refractivity contribution is 6.11. The highest BCUT2D eigenvalue weighted by atomic mass is 16.5. The van der Waals surface area contributed by atoms with Crippen LogP contribution in [0.4, 0.5) is 4.79 Å². The van der Waals surface area contributed by atoms with Crippen molar-refractivity contribution in [2.75, 3.05) is 0 Å². The van der Waals surface area contributed by atoms with E-state index in [9.17, 15) is 10.0 Å². The van der Waals surface area contributed by atoms with E-state index < -0.39 is 17.2 Å². The number of hydrogen-bond acceptors (Lipinski definition) is 4. The Morgan fingerprint density at radius 1 is 1.27 bits per heavy atom. The summed E-state index contributed by atoms with van der Waals surface area (Å²) in [5.41, 5.74) is 7.05. The average molecular weight is 302 g/mol. The second kappa shape index (κ2) is 5.51. The van der Waals surface area contributed by atoms with Crippen LogP contribution in [0.1, 0.15) is 33.3 Å². The number of hydrogen-bond donors (Lipinski definition) is 2. The summed E-state index contributed by atoms with van der Waals surface area (Å²) in [7, 11) is 0. The van der Waals surface area contributed by atoms with E-state index >= 15 is 0 Å². The molecule has 1 unspecified atom stereocenters. The van der Waals surface area contributed by atoms with E-state index in [4.69, 9.17) is 5.73 Å². The van der Waals surface area contributed by atoms with Crippen LogP contribution in [0.5, 0.6) is 0 Å². The van der Waals surface area contributed by atoms with Gasteiger partial charge in [0.2, 0.25) is 0 Å². The molecule has 1 aliphatic rings. The molecule has 0 spiro atoms. The lowest BCUT2D eigenvalue weighted by Crippen LogP contribution is -2.54. The zero-order chi connectivity index (χ0) is 16.5. The second-order valence-electron chi connectivity index (χ2n) is 5.87. The SMILES string of the molecule is C/C(=N\NC(N)=O)C1(C)N=C(c2ccccc2)C(C)(C)N1[O]. The second-order valence-corrected chi connectivity index (χ2v) is 5.87. The van der Waals surface area contributed by atoms with Gasteiger partial charge in [-0.15, -0.1) is 10.3 Å². The van der Waals surface area contributed by atoms with Crippen molar-refractivity contribution < 1.29 is 10.0 Å². The molecule has 0 aliphatic carbocycles. The van der Waals surface area contributed by atoms with Gasteiger partial charge in [-0.3, -0.25) is 4.99 Å². The molecule has 1 aromatic carbocycles. The van der Waals surface area contributed by atoms with Gasteiger partial charge in [0.1, 0.15) is 0 Å². The van der Waals surface area contributed by atoms with Crippen molar-refractivity contribution in [1.82, 2.24) is 10.5 Å². The van der Waals surface area contributed by atoms with Crippen LogP contribution in [0.2, 0.25) is 0 Å². The van der Waals surface area contributed by atoms with Gasteiger partial charge in [0.15, 0.2) is 5.66 Å². The molecule has 0 saturated carbocycles. The predicted molar refractivity (Wildman–Crippen MR) is 83.8 cm³/mol. The first-order valence-electron chi connectivity index (χ1n) is 6.93. The fraction of sp³-hybridized carbons (Fsp3) is 0.400. The van der Waals surface area contributed by atoms with Crippen molar-refractivity contribution in [2.24, 2.45) is 15.8 Å². The number of carbonyl (C=O) groups is 1. The smallest absolute Gasteiger partial charge is 0.332 e. The van der Waals surface area contributed by atoms with E-state index in [-0.39, 0.29) is 0 Å². The largest absolute Gasteiger partial charge is 0.350 e. The number of nitrogens with zero attached hydrogens (tertiary/aromatic N) is 3. The summed E-state index contributed by atoms with van der Waals surface area (Å²) in [5.74, 6) is 0. The third-order valence-electron chi connectivity index (χ3n) is 3.88. The van der Waals surface area contributed by atoms with Crippen LogP contribution in [0.15, 0.2) is 40.4 Å². The monoisotopic (exact) mass is 302 g/mol. The van der Waals surface area contributed by atoms with Gasteiger partial charge in [0.05, 0.1) is 17.0 Å². The van der Waals surface area contributed by atoms with Gasteiger partial charge in [-0.25, -0.2) is 10.2 Å². The van der Waals surface area contributed by atoms with Gasteiger partial charge in [0.25, 0.3) is 0 Å². The molecule has 1 radical (unpaired) electrons. The molecule has 7 heteroatoms. The Bertz CT molecular complexity index is 639.